The van der Waals surface area contributed by atoms with Gasteiger partial charge in [-0.1, -0.05) is 6.07 Å². The summed E-state index contributed by atoms with van der Waals surface area (Å²) in [6.45, 7) is 3.77. The number of aryl methyl sites for hydroxylation is 2. The molecular weight excluding hydrogens is 208 g/mol. The Labute approximate surface area is 94.8 Å². The fourth-order valence-corrected chi connectivity index (χ4v) is 1.81. The van der Waals surface area contributed by atoms with Crippen LogP contribution >= 0.6 is 0 Å². The Bertz CT molecular complexity index is 410. The minimum atomic E-state index is -0.882. The molecule has 1 N–H and O–H groups in total. The van der Waals surface area contributed by atoms with Crippen molar-refractivity contribution in [1.29, 1.82) is 0 Å². The second-order valence-electron chi connectivity index (χ2n) is 3.63. The van der Waals surface area contributed by atoms with E-state index >= 15 is 0 Å². The van der Waals surface area contributed by atoms with Crippen molar-refractivity contribution in [3.8, 4) is 11.5 Å². The second-order valence-corrected chi connectivity index (χ2v) is 3.63. The summed E-state index contributed by atoms with van der Waals surface area (Å²) in [5, 5.41) is 8.85. The van der Waals surface area contributed by atoms with E-state index in [1.54, 1.807) is 7.11 Å². The lowest BCUT2D eigenvalue weighted by Crippen LogP contribution is -2.06. The van der Waals surface area contributed by atoms with Crippen molar-refractivity contribution in [2.75, 3.05) is 14.2 Å². The first-order valence-electron chi connectivity index (χ1n) is 4.94. The van der Waals surface area contributed by atoms with E-state index in [9.17, 15) is 4.79 Å². The number of ether oxygens (including phenoxy) is 2. The molecule has 1 aromatic carbocycles. The van der Waals surface area contributed by atoms with E-state index in [-0.39, 0.29) is 6.42 Å². The lowest BCUT2D eigenvalue weighted by Gasteiger charge is -2.16. The molecule has 16 heavy (non-hydrogen) atoms. The molecule has 0 aliphatic carbocycles. The molecule has 0 fully saturated rings. The van der Waals surface area contributed by atoms with Gasteiger partial charge in [0, 0.05) is 5.56 Å². The highest BCUT2D eigenvalue weighted by atomic mass is 16.5. The van der Waals surface area contributed by atoms with Crippen LogP contribution in [0, 0.1) is 13.8 Å². The largest absolute Gasteiger partial charge is 0.493 e. The zero-order valence-electron chi connectivity index (χ0n) is 9.96. The van der Waals surface area contributed by atoms with E-state index in [1.807, 2.05) is 19.9 Å². The normalized spacial score (nSPS) is 10.0. The Kier molecular flexibility index (Phi) is 3.77. The number of carboxylic acids is 1. The van der Waals surface area contributed by atoms with Gasteiger partial charge in [0.15, 0.2) is 11.5 Å². The van der Waals surface area contributed by atoms with Crippen LogP contribution in [-0.2, 0) is 11.2 Å². The van der Waals surface area contributed by atoms with Crippen LogP contribution in [0.1, 0.15) is 16.7 Å². The number of rotatable bonds is 4. The Morgan fingerprint density at radius 3 is 2.19 bits per heavy atom. The van der Waals surface area contributed by atoms with E-state index in [1.165, 1.54) is 7.11 Å². The number of benzene rings is 1. The van der Waals surface area contributed by atoms with Gasteiger partial charge in [-0.25, -0.2) is 0 Å². The van der Waals surface area contributed by atoms with Crippen molar-refractivity contribution < 1.29 is 19.4 Å². The molecule has 0 unspecified atom stereocenters. The van der Waals surface area contributed by atoms with Crippen molar-refractivity contribution >= 4 is 5.97 Å². The third-order valence-corrected chi connectivity index (χ3v) is 2.48. The smallest absolute Gasteiger partial charge is 0.307 e. The van der Waals surface area contributed by atoms with Crippen LogP contribution in [-0.4, -0.2) is 25.3 Å². The second kappa shape index (κ2) is 4.88. The summed E-state index contributed by atoms with van der Waals surface area (Å²) in [6.07, 6.45) is -0.0638. The van der Waals surface area contributed by atoms with Crippen LogP contribution in [0.5, 0.6) is 11.5 Å². The number of methoxy groups -OCH3 is 2. The molecule has 88 valence electrons. The molecule has 1 rings (SSSR count). The maximum atomic E-state index is 10.8. The Balaban J connectivity index is 3.39. The first-order chi connectivity index (χ1) is 7.51. The molecule has 0 aromatic heterocycles. The number of hydrogen-bond acceptors (Lipinski definition) is 3. The average Bonchev–Trinajstić information content (AvgIpc) is 2.20. The molecule has 0 radical (unpaired) electrons. The predicted molar refractivity (Wildman–Crippen MR) is 60.4 cm³/mol. The van der Waals surface area contributed by atoms with Gasteiger partial charge in [0.1, 0.15) is 0 Å². The van der Waals surface area contributed by atoms with Gasteiger partial charge in [0.05, 0.1) is 20.6 Å². The summed E-state index contributed by atoms with van der Waals surface area (Å²) in [4.78, 5) is 10.8. The number of hydrogen-bond donors (Lipinski definition) is 1. The Hall–Kier alpha value is -1.71. The highest BCUT2D eigenvalue weighted by Crippen LogP contribution is 2.36. The zero-order valence-corrected chi connectivity index (χ0v) is 9.96. The molecule has 0 amide bonds. The minimum Gasteiger partial charge on any atom is -0.493 e. The van der Waals surface area contributed by atoms with Crippen molar-refractivity contribution in [3.63, 3.8) is 0 Å². The quantitative estimate of drug-likeness (QED) is 0.849. The van der Waals surface area contributed by atoms with E-state index in [2.05, 4.69) is 0 Å². The molecule has 1 aromatic rings. The van der Waals surface area contributed by atoms with E-state index in [4.69, 9.17) is 14.6 Å². The molecule has 0 saturated heterocycles. The molecule has 0 spiro atoms. The Morgan fingerprint density at radius 2 is 1.75 bits per heavy atom. The molecular formula is C12H16O4. The standard InChI is InChI=1S/C12H16O4/c1-7-5-8(2)11(15-3)12(16-4)9(7)6-10(13)14/h5H,6H2,1-4H3,(H,13,14). The van der Waals surface area contributed by atoms with Gasteiger partial charge in [0.25, 0.3) is 0 Å². The van der Waals surface area contributed by atoms with Crippen molar-refractivity contribution in [3.05, 3.63) is 22.8 Å². The SMILES string of the molecule is COc1c(C)cc(C)c(CC(=O)O)c1OC. The van der Waals surface area contributed by atoms with Crippen LogP contribution in [0.4, 0.5) is 0 Å². The van der Waals surface area contributed by atoms with Crippen molar-refractivity contribution in [2.45, 2.75) is 20.3 Å². The molecule has 0 aliphatic rings. The van der Waals surface area contributed by atoms with Crippen LogP contribution in [0.3, 0.4) is 0 Å². The lowest BCUT2D eigenvalue weighted by molar-refractivity contribution is -0.136. The average molecular weight is 224 g/mol. The third-order valence-electron chi connectivity index (χ3n) is 2.48. The highest BCUT2D eigenvalue weighted by molar-refractivity contribution is 5.73. The summed E-state index contributed by atoms with van der Waals surface area (Å²) >= 11 is 0. The van der Waals surface area contributed by atoms with Gasteiger partial charge in [-0.2, -0.15) is 0 Å². The van der Waals surface area contributed by atoms with Crippen LogP contribution in [0.25, 0.3) is 0 Å². The number of carbonyl (C=O) groups is 1. The zero-order chi connectivity index (χ0) is 12.3. The first-order valence-corrected chi connectivity index (χ1v) is 4.94. The van der Waals surface area contributed by atoms with Crippen LogP contribution < -0.4 is 9.47 Å². The molecule has 4 nitrogen and oxygen atoms in total. The monoisotopic (exact) mass is 224 g/mol. The van der Waals surface area contributed by atoms with Gasteiger partial charge in [-0.15, -0.1) is 0 Å². The molecule has 0 atom stereocenters. The molecule has 4 heteroatoms. The van der Waals surface area contributed by atoms with Gasteiger partial charge >= 0.3 is 5.97 Å². The maximum absolute atomic E-state index is 10.8. The predicted octanol–water partition coefficient (Wildman–Crippen LogP) is 1.95. The van der Waals surface area contributed by atoms with E-state index in [0.29, 0.717) is 17.1 Å². The summed E-state index contributed by atoms with van der Waals surface area (Å²) < 4.78 is 10.5. The van der Waals surface area contributed by atoms with Crippen LogP contribution in [0.2, 0.25) is 0 Å². The summed E-state index contributed by atoms with van der Waals surface area (Å²) in [6, 6.07) is 1.90. The van der Waals surface area contributed by atoms with Gasteiger partial charge < -0.3 is 14.6 Å². The lowest BCUT2D eigenvalue weighted by atomic mass is 10.0. The van der Waals surface area contributed by atoms with Gasteiger partial charge in [-0.3, -0.25) is 4.79 Å². The van der Waals surface area contributed by atoms with Gasteiger partial charge in [-0.05, 0) is 25.0 Å². The fraction of sp³-hybridized carbons (Fsp3) is 0.417. The van der Waals surface area contributed by atoms with Crippen molar-refractivity contribution in [2.24, 2.45) is 0 Å². The molecule has 0 aliphatic heterocycles. The molecule has 0 saturated carbocycles. The summed E-state index contributed by atoms with van der Waals surface area (Å²) in [7, 11) is 3.06. The fourth-order valence-electron chi connectivity index (χ4n) is 1.81. The minimum absolute atomic E-state index is 0.0638. The highest BCUT2D eigenvalue weighted by Gasteiger charge is 2.17. The summed E-state index contributed by atoms with van der Waals surface area (Å²) in [5.41, 5.74) is 2.50. The molecule has 0 heterocycles. The van der Waals surface area contributed by atoms with E-state index < -0.39 is 5.97 Å². The third kappa shape index (κ3) is 2.27. The van der Waals surface area contributed by atoms with E-state index in [0.717, 1.165) is 11.1 Å². The topological polar surface area (TPSA) is 55.8 Å². The summed E-state index contributed by atoms with van der Waals surface area (Å²) in [5.74, 6) is 0.235. The number of aliphatic carboxylic acids is 1. The Morgan fingerprint density at radius 1 is 1.19 bits per heavy atom. The maximum Gasteiger partial charge on any atom is 0.307 e. The molecule has 0 bridgehead atoms. The first kappa shape index (κ1) is 12.4. The van der Waals surface area contributed by atoms with Crippen LogP contribution in [0.15, 0.2) is 6.07 Å². The number of carboxylic acid groups (broad SMARTS) is 1. The van der Waals surface area contributed by atoms with Gasteiger partial charge in [0.2, 0.25) is 0 Å². The van der Waals surface area contributed by atoms with Crippen molar-refractivity contribution in [1.82, 2.24) is 0 Å².